The molecule has 1 aromatic carbocycles. The fourth-order valence-electron chi connectivity index (χ4n) is 2.66. The molecule has 130 valence electrons. The van der Waals surface area contributed by atoms with E-state index in [1.807, 2.05) is 30.3 Å². The van der Waals surface area contributed by atoms with Crippen molar-refractivity contribution >= 4 is 38.8 Å². The lowest BCUT2D eigenvalue weighted by Gasteiger charge is -2.23. The van der Waals surface area contributed by atoms with Gasteiger partial charge in [-0.25, -0.2) is 4.68 Å². The van der Waals surface area contributed by atoms with E-state index >= 15 is 0 Å². The van der Waals surface area contributed by atoms with E-state index in [-0.39, 0.29) is 5.56 Å². The van der Waals surface area contributed by atoms with Gasteiger partial charge in [0.2, 0.25) is 0 Å². The second kappa shape index (κ2) is 7.45. The minimum Gasteiger partial charge on any atom is -0.355 e. The molecule has 0 saturated heterocycles. The van der Waals surface area contributed by atoms with Gasteiger partial charge in [-0.3, -0.25) is 4.79 Å². The number of alkyl halides is 1. The predicted molar refractivity (Wildman–Crippen MR) is 105 cm³/mol. The van der Waals surface area contributed by atoms with E-state index in [1.165, 1.54) is 10.3 Å². The first kappa shape index (κ1) is 17.8. The lowest BCUT2D eigenvalue weighted by Crippen LogP contribution is -2.22. The summed E-state index contributed by atoms with van der Waals surface area (Å²) in [4.78, 5) is 14.0. The molecule has 2 aromatic rings. The minimum absolute atomic E-state index is 0.179. The van der Waals surface area contributed by atoms with Crippen LogP contribution in [0.2, 0.25) is 0 Å². The first-order valence-electron chi connectivity index (χ1n) is 7.75. The van der Waals surface area contributed by atoms with Gasteiger partial charge >= 0.3 is 0 Å². The van der Waals surface area contributed by atoms with E-state index in [1.54, 1.807) is 13.2 Å². The zero-order valence-electron chi connectivity index (χ0n) is 14.0. The van der Waals surface area contributed by atoms with E-state index in [2.05, 4.69) is 44.7 Å². The SMILES string of the molecule is CN1C=C(Nc2cnn(C)c(=O)c2Br)CC(c2ccc(CCl)cc2)=C1. The van der Waals surface area contributed by atoms with E-state index in [9.17, 15) is 4.79 Å². The van der Waals surface area contributed by atoms with Crippen molar-refractivity contribution in [2.24, 2.45) is 7.05 Å². The number of hydrogen-bond donors (Lipinski definition) is 1. The van der Waals surface area contributed by atoms with Gasteiger partial charge in [-0.15, -0.1) is 11.6 Å². The molecule has 0 amide bonds. The minimum atomic E-state index is -0.179. The van der Waals surface area contributed by atoms with Crippen LogP contribution in [-0.4, -0.2) is 21.7 Å². The van der Waals surface area contributed by atoms with Gasteiger partial charge in [0, 0.05) is 44.5 Å². The van der Waals surface area contributed by atoms with Crippen LogP contribution >= 0.6 is 27.5 Å². The maximum Gasteiger partial charge on any atom is 0.282 e. The number of nitrogens with one attached hydrogen (secondary N) is 1. The number of aryl methyl sites for hydroxylation is 1. The van der Waals surface area contributed by atoms with Gasteiger partial charge in [0.15, 0.2) is 0 Å². The number of halogens is 2. The van der Waals surface area contributed by atoms with Crippen LogP contribution in [0.3, 0.4) is 0 Å². The number of benzene rings is 1. The highest BCUT2D eigenvalue weighted by Gasteiger charge is 2.14. The molecule has 5 nitrogen and oxygen atoms in total. The fourth-order valence-corrected chi connectivity index (χ4v) is 3.29. The fraction of sp³-hybridized carbons (Fsp3) is 0.222. The summed E-state index contributed by atoms with van der Waals surface area (Å²) in [6.07, 6.45) is 6.46. The Balaban J connectivity index is 1.82. The number of hydrogen-bond acceptors (Lipinski definition) is 4. The Morgan fingerprint density at radius 3 is 2.64 bits per heavy atom. The molecule has 1 N–H and O–H groups in total. The van der Waals surface area contributed by atoms with Crippen molar-refractivity contribution in [2.75, 3.05) is 12.4 Å². The summed E-state index contributed by atoms with van der Waals surface area (Å²) in [5, 5.41) is 7.37. The maximum absolute atomic E-state index is 12.0. The van der Waals surface area contributed by atoms with Crippen LogP contribution in [0.1, 0.15) is 17.5 Å². The molecule has 0 saturated carbocycles. The van der Waals surface area contributed by atoms with Crippen molar-refractivity contribution in [3.63, 3.8) is 0 Å². The molecule has 0 fully saturated rings. The molecule has 1 aromatic heterocycles. The Bertz CT molecular complexity index is 902. The van der Waals surface area contributed by atoms with Crippen LogP contribution in [0.5, 0.6) is 0 Å². The lowest BCUT2D eigenvalue weighted by atomic mass is 9.99. The highest BCUT2D eigenvalue weighted by Crippen LogP contribution is 2.29. The monoisotopic (exact) mass is 420 g/mol. The number of anilines is 1. The Morgan fingerprint density at radius 2 is 1.96 bits per heavy atom. The third kappa shape index (κ3) is 3.96. The average molecular weight is 422 g/mol. The van der Waals surface area contributed by atoms with E-state index < -0.39 is 0 Å². The van der Waals surface area contributed by atoms with Crippen LogP contribution in [-0.2, 0) is 12.9 Å². The molecule has 1 aliphatic rings. The van der Waals surface area contributed by atoms with Crippen LogP contribution in [0, 0.1) is 0 Å². The summed E-state index contributed by atoms with van der Waals surface area (Å²) in [6.45, 7) is 0. The summed E-state index contributed by atoms with van der Waals surface area (Å²) in [6, 6.07) is 8.23. The van der Waals surface area contributed by atoms with Crippen molar-refractivity contribution in [3.05, 3.63) is 74.5 Å². The molecular formula is C18H18BrClN4O. The van der Waals surface area contributed by atoms with Gasteiger partial charge in [0.1, 0.15) is 4.47 Å². The normalized spacial score (nSPS) is 14.2. The highest BCUT2D eigenvalue weighted by molar-refractivity contribution is 9.10. The third-order valence-corrected chi connectivity index (χ3v) is 5.03. The van der Waals surface area contributed by atoms with Gasteiger partial charge in [0.25, 0.3) is 5.56 Å². The first-order valence-corrected chi connectivity index (χ1v) is 9.08. The molecule has 3 rings (SSSR count). The molecule has 2 heterocycles. The van der Waals surface area contributed by atoms with Gasteiger partial charge in [-0.1, -0.05) is 24.3 Å². The molecule has 0 atom stereocenters. The van der Waals surface area contributed by atoms with Gasteiger partial charge in [0.05, 0.1) is 11.9 Å². The van der Waals surface area contributed by atoms with E-state index in [0.717, 1.165) is 23.2 Å². The van der Waals surface area contributed by atoms with Crippen LogP contribution in [0.4, 0.5) is 5.69 Å². The number of rotatable bonds is 4. The van der Waals surface area contributed by atoms with Crippen LogP contribution in [0.15, 0.2) is 57.8 Å². The van der Waals surface area contributed by atoms with Crippen molar-refractivity contribution in [2.45, 2.75) is 12.3 Å². The Kier molecular flexibility index (Phi) is 5.30. The first-order chi connectivity index (χ1) is 12.0. The average Bonchev–Trinajstić information content (AvgIpc) is 2.62. The third-order valence-electron chi connectivity index (χ3n) is 3.95. The standard InChI is InChI=1S/C18H18BrClN4O/c1-23-10-14(13-5-3-12(8-20)4-6-13)7-15(11-23)22-16-9-21-24(2)18(25)17(16)19/h3-6,9-11,22H,7-8H2,1-2H3. The maximum atomic E-state index is 12.0. The number of aromatic nitrogens is 2. The van der Waals surface area contributed by atoms with Crippen LogP contribution in [0.25, 0.3) is 5.57 Å². The van der Waals surface area contributed by atoms with E-state index in [0.29, 0.717) is 16.0 Å². The summed E-state index contributed by atoms with van der Waals surface area (Å²) in [7, 11) is 3.60. The van der Waals surface area contributed by atoms with Crippen molar-refractivity contribution in [3.8, 4) is 0 Å². The van der Waals surface area contributed by atoms with Crippen molar-refractivity contribution in [1.29, 1.82) is 0 Å². The predicted octanol–water partition coefficient (Wildman–Crippen LogP) is 3.91. The summed E-state index contributed by atoms with van der Waals surface area (Å²) >= 11 is 9.21. The number of nitrogens with zero attached hydrogens (tertiary/aromatic N) is 3. The van der Waals surface area contributed by atoms with Crippen molar-refractivity contribution < 1.29 is 0 Å². The smallest absolute Gasteiger partial charge is 0.282 e. The number of allylic oxidation sites excluding steroid dienone is 1. The molecule has 0 aliphatic carbocycles. The molecular weight excluding hydrogens is 404 g/mol. The highest BCUT2D eigenvalue weighted by atomic mass is 79.9. The second-order valence-electron chi connectivity index (χ2n) is 5.91. The molecule has 0 bridgehead atoms. The van der Waals surface area contributed by atoms with Gasteiger partial charge in [-0.2, -0.15) is 5.10 Å². The quantitative estimate of drug-likeness (QED) is 0.761. The lowest BCUT2D eigenvalue weighted by molar-refractivity contribution is 0.608. The Morgan fingerprint density at radius 1 is 1.24 bits per heavy atom. The Hall–Kier alpha value is -2.05. The summed E-state index contributed by atoms with van der Waals surface area (Å²) in [5.74, 6) is 0.510. The van der Waals surface area contributed by atoms with Gasteiger partial charge < -0.3 is 10.2 Å². The molecule has 7 heteroatoms. The summed E-state index contributed by atoms with van der Waals surface area (Å²) in [5.41, 5.74) is 4.89. The zero-order chi connectivity index (χ0) is 18.0. The molecule has 0 unspecified atom stereocenters. The van der Waals surface area contributed by atoms with E-state index in [4.69, 9.17) is 11.6 Å². The molecule has 0 spiro atoms. The second-order valence-corrected chi connectivity index (χ2v) is 6.97. The molecule has 1 aliphatic heterocycles. The zero-order valence-corrected chi connectivity index (χ0v) is 16.3. The summed E-state index contributed by atoms with van der Waals surface area (Å²) < 4.78 is 1.76. The molecule has 25 heavy (non-hydrogen) atoms. The Labute approximate surface area is 159 Å². The topological polar surface area (TPSA) is 50.2 Å². The van der Waals surface area contributed by atoms with Crippen LogP contribution < -0.4 is 10.9 Å². The van der Waals surface area contributed by atoms with Gasteiger partial charge in [-0.05, 0) is 32.6 Å². The molecule has 0 radical (unpaired) electrons. The largest absolute Gasteiger partial charge is 0.355 e. The van der Waals surface area contributed by atoms with Crippen molar-refractivity contribution in [1.82, 2.24) is 14.7 Å².